The number of rotatable bonds is 5. The van der Waals surface area contributed by atoms with E-state index in [4.69, 9.17) is 10.5 Å². The summed E-state index contributed by atoms with van der Waals surface area (Å²) in [5.74, 6) is 0.616. The molecule has 0 aliphatic carbocycles. The Hall–Kier alpha value is -0.860. The quantitative estimate of drug-likeness (QED) is 0.426. The SMILES string of the molecule is CC(NC(C)(C)CN=C(N)N1CCOCC1)c1ccccc1.I. The molecule has 0 amide bonds. The van der Waals surface area contributed by atoms with Crippen LogP contribution in [0.25, 0.3) is 0 Å². The zero-order valence-electron chi connectivity index (χ0n) is 14.3. The highest BCUT2D eigenvalue weighted by Crippen LogP contribution is 2.16. The van der Waals surface area contributed by atoms with E-state index < -0.39 is 0 Å². The number of halogens is 1. The average molecular weight is 432 g/mol. The van der Waals surface area contributed by atoms with Crippen LogP contribution in [-0.2, 0) is 4.74 Å². The van der Waals surface area contributed by atoms with Gasteiger partial charge in [0.2, 0.25) is 0 Å². The third-order valence-electron chi connectivity index (χ3n) is 3.88. The first kappa shape index (κ1) is 20.2. The molecule has 0 bridgehead atoms. The van der Waals surface area contributed by atoms with Crippen LogP contribution in [0.4, 0.5) is 0 Å². The standard InChI is InChI=1S/C17H28N4O.HI/c1-14(15-7-5-4-6-8-15)20-17(2,3)13-19-16(18)21-9-11-22-12-10-21;/h4-8,14,20H,9-13H2,1-3H3,(H2,18,19);1H. The van der Waals surface area contributed by atoms with Crippen molar-refractivity contribution >= 4 is 29.9 Å². The van der Waals surface area contributed by atoms with Crippen LogP contribution in [0.2, 0.25) is 0 Å². The Balaban J connectivity index is 0.00000264. The predicted octanol–water partition coefficient (Wildman–Crippen LogP) is 2.38. The van der Waals surface area contributed by atoms with Gasteiger partial charge in [-0.05, 0) is 26.3 Å². The number of morpholine rings is 1. The van der Waals surface area contributed by atoms with Gasteiger partial charge >= 0.3 is 0 Å². The number of nitrogens with one attached hydrogen (secondary N) is 1. The van der Waals surface area contributed by atoms with Gasteiger partial charge in [0.15, 0.2) is 5.96 Å². The molecule has 1 aliphatic heterocycles. The lowest BCUT2D eigenvalue weighted by Crippen LogP contribution is -2.47. The van der Waals surface area contributed by atoms with Crippen molar-refractivity contribution in [3.8, 4) is 0 Å². The van der Waals surface area contributed by atoms with Crippen LogP contribution >= 0.6 is 24.0 Å². The highest BCUT2D eigenvalue weighted by molar-refractivity contribution is 14.0. The fraction of sp³-hybridized carbons (Fsp3) is 0.588. The molecular formula is C17H29IN4O. The van der Waals surface area contributed by atoms with Crippen LogP contribution in [0.15, 0.2) is 35.3 Å². The molecule has 1 aromatic carbocycles. The summed E-state index contributed by atoms with van der Waals surface area (Å²) in [7, 11) is 0. The Kier molecular flexibility index (Phi) is 8.28. The second-order valence-electron chi connectivity index (χ2n) is 6.43. The summed E-state index contributed by atoms with van der Waals surface area (Å²) in [4.78, 5) is 6.65. The molecule has 6 heteroatoms. The molecule has 130 valence electrons. The monoisotopic (exact) mass is 432 g/mol. The fourth-order valence-corrected chi connectivity index (χ4v) is 2.63. The summed E-state index contributed by atoms with van der Waals surface area (Å²) in [6.07, 6.45) is 0. The molecule has 0 spiro atoms. The lowest BCUT2D eigenvalue weighted by atomic mass is 10.0. The Morgan fingerprint density at radius 1 is 1.30 bits per heavy atom. The number of nitrogens with zero attached hydrogens (tertiary/aromatic N) is 2. The third kappa shape index (κ3) is 6.64. The molecule has 1 saturated heterocycles. The van der Waals surface area contributed by atoms with Crippen LogP contribution < -0.4 is 11.1 Å². The zero-order chi connectivity index (χ0) is 16.0. The van der Waals surface area contributed by atoms with E-state index in [1.54, 1.807) is 0 Å². The molecule has 0 aromatic heterocycles. The fourth-order valence-electron chi connectivity index (χ4n) is 2.63. The molecule has 3 N–H and O–H groups in total. The van der Waals surface area contributed by atoms with Gasteiger partial charge in [-0.15, -0.1) is 24.0 Å². The summed E-state index contributed by atoms with van der Waals surface area (Å²) >= 11 is 0. The molecule has 5 nitrogen and oxygen atoms in total. The highest BCUT2D eigenvalue weighted by Gasteiger charge is 2.21. The number of guanidine groups is 1. The summed E-state index contributed by atoms with van der Waals surface area (Å²) in [5.41, 5.74) is 7.25. The van der Waals surface area contributed by atoms with Gasteiger partial charge in [0.25, 0.3) is 0 Å². The molecular weight excluding hydrogens is 403 g/mol. The van der Waals surface area contributed by atoms with Gasteiger partial charge in [-0.3, -0.25) is 4.99 Å². The van der Waals surface area contributed by atoms with E-state index >= 15 is 0 Å². The van der Waals surface area contributed by atoms with E-state index in [1.807, 2.05) is 6.07 Å². The van der Waals surface area contributed by atoms with Crippen molar-refractivity contribution < 1.29 is 4.74 Å². The van der Waals surface area contributed by atoms with Crippen molar-refractivity contribution in [3.05, 3.63) is 35.9 Å². The molecule has 0 radical (unpaired) electrons. The number of nitrogens with two attached hydrogens (primary N) is 1. The molecule has 1 atom stereocenters. The number of benzene rings is 1. The molecule has 1 heterocycles. The largest absolute Gasteiger partial charge is 0.378 e. The minimum absolute atomic E-state index is 0. The van der Waals surface area contributed by atoms with Gasteiger partial charge in [-0.1, -0.05) is 30.3 Å². The number of hydrogen-bond donors (Lipinski definition) is 2. The van der Waals surface area contributed by atoms with E-state index in [0.717, 1.165) is 26.3 Å². The Morgan fingerprint density at radius 3 is 2.52 bits per heavy atom. The maximum absolute atomic E-state index is 6.09. The molecule has 1 aromatic rings. The number of aliphatic imine (C=N–C) groups is 1. The maximum atomic E-state index is 6.09. The normalized spacial score (nSPS) is 17.5. The zero-order valence-corrected chi connectivity index (χ0v) is 16.6. The first-order valence-corrected chi connectivity index (χ1v) is 7.93. The van der Waals surface area contributed by atoms with Crippen LogP contribution in [0.5, 0.6) is 0 Å². The van der Waals surface area contributed by atoms with Crippen LogP contribution in [0.1, 0.15) is 32.4 Å². The molecule has 1 fully saturated rings. The van der Waals surface area contributed by atoms with E-state index in [1.165, 1.54) is 5.56 Å². The minimum Gasteiger partial charge on any atom is -0.378 e. The van der Waals surface area contributed by atoms with Crippen LogP contribution in [0, 0.1) is 0 Å². The van der Waals surface area contributed by atoms with Gasteiger partial charge in [-0.25, -0.2) is 0 Å². The molecule has 2 rings (SSSR count). The van der Waals surface area contributed by atoms with Crippen LogP contribution in [-0.4, -0.2) is 49.2 Å². The van der Waals surface area contributed by atoms with Gasteiger partial charge in [-0.2, -0.15) is 0 Å². The van der Waals surface area contributed by atoms with Crippen molar-refractivity contribution in [2.45, 2.75) is 32.4 Å². The summed E-state index contributed by atoms with van der Waals surface area (Å²) in [6.45, 7) is 10.2. The van der Waals surface area contributed by atoms with Gasteiger partial charge in [0.05, 0.1) is 19.8 Å². The van der Waals surface area contributed by atoms with Crippen molar-refractivity contribution in [2.24, 2.45) is 10.7 Å². The molecule has 1 unspecified atom stereocenters. The Labute approximate surface area is 156 Å². The first-order valence-electron chi connectivity index (χ1n) is 7.93. The lowest BCUT2D eigenvalue weighted by molar-refractivity contribution is 0.0673. The highest BCUT2D eigenvalue weighted by atomic mass is 127. The number of ether oxygens (including phenoxy) is 1. The first-order chi connectivity index (χ1) is 10.5. The summed E-state index contributed by atoms with van der Waals surface area (Å²) in [6, 6.07) is 10.7. The lowest BCUT2D eigenvalue weighted by Gasteiger charge is -2.31. The van der Waals surface area contributed by atoms with Gasteiger partial charge in [0.1, 0.15) is 0 Å². The average Bonchev–Trinajstić information content (AvgIpc) is 2.54. The van der Waals surface area contributed by atoms with E-state index in [2.05, 4.69) is 60.2 Å². The van der Waals surface area contributed by atoms with E-state index in [-0.39, 0.29) is 35.6 Å². The van der Waals surface area contributed by atoms with E-state index in [9.17, 15) is 0 Å². The molecule has 1 aliphatic rings. The summed E-state index contributed by atoms with van der Waals surface area (Å²) in [5, 5.41) is 3.62. The van der Waals surface area contributed by atoms with E-state index in [0.29, 0.717) is 12.5 Å². The topological polar surface area (TPSA) is 62.9 Å². The molecule has 23 heavy (non-hydrogen) atoms. The minimum atomic E-state index is -0.119. The van der Waals surface area contributed by atoms with Crippen molar-refractivity contribution in [2.75, 3.05) is 32.8 Å². The predicted molar refractivity (Wildman–Crippen MR) is 106 cm³/mol. The van der Waals surface area contributed by atoms with Crippen molar-refractivity contribution in [1.82, 2.24) is 10.2 Å². The van der Waals surface area contributed by atoms with Gasteiger partial charge < -0.3 is 20.7 Å². The van der Waals surface area contributed by atoms with Gasteiger partial charge in [0, 0.05) is 24.7 Å². The Bertz CT molecular complexity index is 487. The number of hydrogen-bond acceptors (Lipinski definition) is 3. The van der Waals surface area contributed by atoms with Crippen molar-refractivity contribution in [3.63, 3.8) is 0 Å². The maximum Gasteiger partial charge on any atom is 0.191 e. The molecule has 0 saturated carbocycles. The smallest absolute Gasteiger partial charge is 0.191 e. The van der Waals surface area contributed by atoms with Crippen LogP contribution in [0.3, 0.4) is 0 Å². The third-order valence-corrected chi connectivity index (χ3v) is 3.88. The second kappa shape index (κ2) is 9.44. The van der Waals surface area contributed by atoms with Crippen molar-refractivity contribution in [1.29, 1.82) is 0 Å². The second-order valence-corrected chi connectivity index (χ2v) is 6.43. The summed E-state index contributed by atoms with van der Waals surface area (Å²) < 4.78 is 5.33. The Morgan fingerprint density at radius 2 is 1.91 bits per heavy atom.